The molecule has 0 unspecified atom stereocenters. The van der Waals surface area contributed by atoms with E-state index in [1.807, 2.05) is 36.4 Å². The van der Waals surface area contributed by atoms with Gasteiger partial charge in [0.1, 0.15) is 5.84 Å². The van der Waals surface area contributed by atoms with Crippen molar-refractivity contribution in [1.29, 1.82) is 5.41 Å². The molecule has 0 fully saturated rings. The summed E-state index contributed by atoms with van der Waals surface area (Å²) in [4.78, 5) is 11.3. The van der Waals surface area contributed by atoms with Crippen LogP contribution in [-0.2, 0) is 11.2 Å². The number of benzene rings is 2. The van der Waals surface area contributed by atoms with Crippen LogP contribution in [0.5, 0.6) is 0 Å². The second-order valence-corrected chi connectivity index (χ2v) is 4.94. The van der Waals surface area contributed by atoms with Gasteiger partial charge in [-0.3, -0.25) is 10.2 Å². The zero-order chi connectivity index (χ0) is 14.3. The smallest absolute Gasteiger partial charge is 0.221 e. The summed E-state index contributed by atoms with van der Waals surface area (Å²) in [6.07, 6.45) is 0.691. The third kappa shape index (κ3) is 1.86. The first-order valence-electron chi connectivity index (χ1n) is 6.44. The molecule has 0 atom stereocenters. The predicted octanol–water partition coefficient (Wildman–Crippen LogP) is 2.50. The number of nitrogens with two attached hydrogens (primary N) is 1. The summed E-state index contributed by atoms with van der Waals surface area (Å²) in [6, 6.07) is 11.7. The number of hydrogen-bond acceptors (Lipinski definition) is 2. The van der Waals surface area contributed by atoms with E-state index in [2.05, 4.69) is 5.32 Å². The van der Waals surface area contributed by atoms with Crippen molar-refractivity contribution in [3.05, 3.63) is 53.1 Å². The average Bonchev–Trinajstić information content (AvgIpc) is 2.77. The average molecular weight is 265 g/mol. The van der Waals surface area contributed by atoms with Gasteiger partial charge in [-0.1, -0.05) is 30.3 Å². The van der Waals surface area contributed by atoms with Gasteiger partial charge in [0.25, 0.3) is 0 Å². The number of nitrogens with one attached hydrogen (secondary N) is 2. The highest BCUT2D eigenvalue weighted by atomic mass is 16.1. The Labute approximate surface area is 117 Å². The van der Waals surface area contributed by atoms with Crippen LogP contribution >= 0.6 is 0 Å². The van der Waals surface area contributed by atoms with Crippen LogP contribution in [0, 0.1) is 5.41 Å². The van der Waals surface area contributed by atoms with Gasteiger partial charge in [-0.15, -0.1) is 0 Å². The summed E-state index contributed by atoms with van der Waals surface area (Å²) in [5.41, 5.74) is 11.6. The monoisotopic (exact) mass is 265 g/mol. The molecule has 4 nitrogen and oxygen atoms in total. The summed E-state index contributed by atoms with van der Waals surface area (Å²) in [5.74, 6) is -0.00289. The third-order valence-electron chi connectivity index (χ3n) is 3.60. The molecule has 1 aliphatic rings. The van der Waals surface area contributed by atoms with Crippen molar-refractivity contribution in [2.75, 3.05) is 5.32 Å². The molecule has 0 bridgehead atoms. The Morgan fingerprint density at radius 2 is 1.80 bits per heavy atom. The van der Waals surface area contributed by atoms with Gasteiger partial charge in [-0.05, 0) is 28.3 Å². The molecule has 2 aromatic rings. The minimum absolute atomic E-state index is 0.0794. The molecule has 4 N–H and O–H groups in total. The lowest BCUT2D eigenvalue weighted by Gasteiger charge is -2.08. The van der Waals surface area contributed by atoms with E-state index < -0.39 is 0 Å². The molecule has 0 aliphatic heterocycles. The molecule has 4 heteroatoms. The maximum atomic E-state index is 11.3. The van der Waals surface area contributed by atoms with E-state index in [4.69, 9.17) is 11.1 Å². The van der Waals surface area contributed by atoms with Gasteiger partial charge >= 0.3 is 0 Å². The van der Waals surface area contributed by atoms with Gasteiger partial charge in [-0.25, -0.2) is 0 Å². The van der Waals surface area contributed by atoms with Crippen molar-refractivity contribution in [2.45, 2.75) is 13.3 Å². The second kappa shape index (κ2) is 4.49. The standard InChI is InChI=1S/C16H15N3O/c1-9(20)19-15-7-3-5-11-10-4-2-6-12(16(17)18)13(10)8-14(11)15/h2-7H,8H2,1H3,(H3,17,18)(H,19,20). The SMILES string of the molecule is CC(=O)Nc1cccc2c1Cc1c(C(=N)N)cccc1-2. The summed E-state index contributed by atoms with van der Waals surface area (Å²) in [5, 5.41) is 10.6. The first-order valence-corrected chi connectivity index (χ1v) is 6.44. The maximum Gasteiger partial charge on any atom is 0.221 e. The Bertz CT molecular complexity index is 734. The van der Waals surface area contributed by atoms with Crippen molar-refractivity contribution in [1.82, 2.24) is 0 Å². The number of rotatable bonds is 2. The highest BCUT2D eigenvalue weighted by molar-refractivity contribution is 6.01. The molecule has 0 aromatic heterocycles. The van der Waals surface area contributed by atoms with Gasteiger partial charge < -0.3 is 11.1 Å². The molecule has 3 rings (SSSR count). The predicted molar refractivity (Wildman–Crippen MR) is 80.0 cm³/mol. The summed E-state index contributed by atoms with van der Waals surface area (Å²) in [7, 11) is 0. The Kier molecular flexibility index (Phi) is 2.79. The van der Waals surface area contributed by atoms with E-state index in [0.717, 1.165) is 33.5 Å². The van der Waals surface area contributed by atoms with Crippen molar-refractivity contribution >= 4 is 17.4 Å². The first-order chi connectivity index (χ1) is 9.58. The van der Waals surface area contributed by atoms with E-state index in [1.54, 1.807) is 0 Å². The number of carbonyl (C=O) groups is 1. The largest absolute Gasteiger partial charge is 0.384 e. The molecule has 0 heterocycles. The highest BCUT2D eigenvalue weighted by Crippen LogP contribution is 2.41. The Hall–Kier alpha value is -2.62. The normalized spacial score (nSPS) is 11.7. The van der Waals surface area contributed by atoms with E-state index in [1.165, 1.54) is 6.92 Å². The molecule has 0 spiro atoms. The summed E-state index contributed by atoms with van der Waals surface area (Å²) < 4.78 is 0. The minimum atomic E-state index is -0.0823. The first kappa shape index (κ1) is 12.4. The molecule has 0 radical (unpaired) electrons. The fraction of sp³-hybridized carbons (Fsp3) is 0.125. The Morgan fingerprint density at radius 3 is 2.45 bits per heavy atom. The molecular weight excluding hydrogens is 250 g/mol. The van der Waals surface area contributed by atoms with Gasteiger partial charge in [0.05, 0.1) is 0 Å². The van der Waals surface area contributed by atoms with Crippen LogP contribution in [0.3, 0.4) is 0 Å². The fourth-order valence-corrected chi connectivity index (χ4v) is 2.80. The van der Waals surface area contributed by atoms with Crippen LogP contribution in [0.1, 0.15) is 23.6 Å². The summed E-state index contributed by atoms with van der Waals surface area (Å²) in [6.45, 7) is 1.50. The number of hydrogen-bond donors (Lipinski definition) is 3. The quantitative estimate of drug-likeness (QED) is 0.491. The van der Waals surface area contributed by atoms with E-state index in [-0.39, 0.29) is 11.7 Å². The third-order valence-corrected chi connectivity index (χ3v) is 3.60. The zero-order valence-corrected chi connectivity index (χ0v) is 11.2. The molecule has 0 saturated carbocycles. The van der Waals surface area contributed by atoms with Crippen molar-refractivity contribution in [3.63, 3.8) is 0 Å². The van der Waals surface area contributed by atoms with Crippen LogP contribution in [0.4, 0.5) is 5.69 Å². The molecule has 20 heavy (non-hydrogen) atoms. The van der Waals surface area contributed by atoms with Crippen LogP contribution in [0.15, 0.2) is 36.4 Å². The van der Waals surface area contributed by atoms with Crippen molar-refractivity contribution in [3.8, 4) is 11.1 Å². The molecule has 1 amide bonds. The lowest BCUT2D eigenvalue weighted by Crippen LogP contribution is -2.13. The fourth-order valence-electron chi connectivity index (χ4n) is 2.80. The zero-order valence-electron chi connectivity index (χ0n) is 11.2. The van der Waals surface area contributed by atoms with Crippen LogP contribution in [0.25, 0.3) is 11.1 Å². The Morgan fingerprint density at radius 1 is 1.15 bits per heavy atom. The van der Waals surface area contributed by atoms with E-state index in [9.17, 15) is 4.79 Å². The molecular formula is C16H15N3O. The highest BCUT2D eigenvalue weighted by Gasteiger charge is 2.24. The van der Waals surface area contributed by atoms with Crippen LogP contribution in [0.2, 0.25) is 0 Å². The minimum Gasteiger partial charge on any atom is -0.384 e. The van der Waals surface area contributed by atoms with Crippen molar-refractivity contribution < 1.29 is 4.79 Å². The molecule has 0 saturated heterocycles. The lowest BCUT2D eigenvalue weighted by atomic mass is 10.0. The number of carbonyl (C=O) groups excluding carboxylic acids is 1. The lowest BCUT2D eigenvalue weighted by molar-refractivity contribution is -0.114. The number of anilines is 1. The van der Waals surface area contributed by atoms with Gasteiger partial charge in [-0.2, -0.15) is 0 Å². The van der Waals surface area contributed by atoms with E-state index in [0.29, 0.717) is 6.42 Å². The number of amidine groups is 1. The van der Waals surface area contributed by atoms with Crippen LogP contribution in [-0.4, -0.2) is 11.7 Å². The molecule has 1 aliphatic carbocycles. The Balaban J connectivity index is 2.16. The number of amides is 1. The topological polar surface area (TPSA) is 79.0 Å². The van der Waals surface area contributed by atoms with E-state index >= 15 is 0 Å². The maximum absolute atomic E-state index is 11.3. The number of fused-ring (bicyclic) bond motifs is 3. The van der Waals surface area contributed by atoms with Gasteiger partial charge in [0.15, 0.2) is 0 Å². The number of nitrogen functional groups attached to an aromatic ring is 1. The molecule has 2 aromatic carbocycles. The van der Waals surface area contributed by atoms with Crippen molar-refractivity contribution in [2.24, 2.45) is 5.73 Å². The van der Waals surface area contributed by atoms with Gasteiger partial charge in [0, 0.05) is 24.6 Å². The summed E-state index contributed by atoms with van der Waals surface area (Å²) >= 11 is 0. The molecule has 100 valence electrons. The van der Waals surface area contributed by atoms with Gasteiger partial charge in [0.2, 0.25) is 5.91 Å². The van der Waals surface area contributed by atoms with Crippen LogP contribution < -0.4 is 11.1 Å². The second-order valence-electron chi connectivity index (χ2n) is 4.94.